The van der Waals surface area contributed by atoms with Crippen molar-refractivity contribution >= 4 is 10.0 Å². The summed E-state index contributed by atoms with van der Waals surface area (Å²) in [5, 5.41) is 8.60. The van der Waals surface area contributed by atoms with Gasteiger partial charge in [-0.2, -0.15) is 5.26 Å². The molecule has 20 heavy (non-hydrogen) atoms. The molecule has 0 amide bonds. The summed E-state index contributed by atoms with van der Waals surface area (Å²) in [6.07, 6.45) is 4.71. The molecule has 5 heteroatoms. The maximum Gasteiger partial charge on any atom is 0.240 e. The Morgan fingerprint density at radius 2 is 1.95 bits per heavy atom. The van der Waals surface area contributed by atoms with E-state index in [2.05, 4.69) is 11.6 Å². The van der Waals surface area contributed by atoms with Crippen molar-refractivity contribution in [3.05, 3.63) is 29.8 Å². The fourth-order valence-corrected chi connectivity index (χ4v) is 3.70. The Morgan fingerprint density at radius 1 is 1.30 bits per heavy atom. The third-order valence-corrected chi connectivity index (χ3v) is 5.74. The molecule has 0 bridgehead atoms. The van der Waals surface area contributed by atoms with Crippen molar-refractivity contribution in [1.82, 2.24) is 4.72 Å². The minimum absolute atomic E-state index is 0.161. The molecule has 0 aromatic heterocycles. The molecular weight excluding hydrogens is 272 g/mol. The van der Waals surface area contributed by atoms with Gasteiger partial charge in [0.1, 0.15) is 0 Å². The van der Waals surface area contributed by atoms with Crippen molar-refractivity contribution in [1.29, 1.82) is 5.26 Å². The topological polar surface area (TPSA) is 70.0 Å². The third kappa shape index (κ3) is 3.20. The molecule has 0 unspecified atom stereocenters. The first kappa shape index (κ1) is 15.0. The molecule has 1 saturated carbocycles. The molecule has 0 saturated heterocycles. The van der Waals surface area contributed by atoms with E-state index in [0.29, 0.717) is 13.0 Å². The normalized spacial score (nSPS) is 17.2. The SMILES string of the molecule is CCC1(CNS(=O)(=O)c2ccc(CC#N)cc2)CCC1. The van der Waals surface area contributed by atoms with E-state index in [1.54, 1.807) is 24.3 Å². The van der Waals surface area contributed by atoms with Crippen LogP contribution in [0.3, 0.4) is 0 Å². The van der Waals surface area contributed by atoms with Gasteiger partial charge < -0.3 is 0 Å². The zero-order chi connectivity index (χ0) is 14.6. The first-order valence-corrected chi connectivity index (χ1v) is 8.45. The highest BCUT2D eigenvalue weighted by molar-refractivity contribution is 7.89. The van der Waals surface area contributed by atoms with Crippen molar-refractivity contribution in [2.24, 2.45) is 5.41 Å². The van der Waals surface area contributed by atoms with Gasteiger partial charge in [-0.15, -0.1) is 0 Å². The Bertz CT molecular complexity index is 590. The van der Waals surface area contributed by atoms with Gasteiger partial charge in [0.15, 0.2) is 0 Å². The molecule has 0 atom stereocenters. The zero-order valence-corrected chi connectivity index (χ0v) is 12.5. The first-order chi connectivity index (χ1) is 9.51. The van der Waals surface area contributed by atoms with E-state index in [1.807, 2.05) is 6.07 Å². The number of hydrogen-bond donors (Lipinski definition) is 1. The van der Waals surface area contributed by atoms with Crippen LogP contribution in [0, 0.1) is 16.7 Å². The second-order valence-corrected chi connectivity index (χ2v) is 7.28. The van der Waals surface area contributed by atoms with Crippen molar-refractivity contribution < 1.29 is 8.42 Å². The van der Waals surface area contributed by atoms with Crippen LogP contribution in [-0.4, -0.2) is 15.0 Å². The number of nitriles is 1. The van der Waals surface area contributed by atoms with Gasteiger partial charge >= 0.3 is 0 Å². The molecule has 1 aromatic rings. The van der Waals surface area contributed by atoms with Crippen LogP contribution in [0.15, 0.2) is 29.2 Å². The van der Waals surface area contributed by atoms with Crippen LogP contribution in [0.4, 0.5) is 0 Å². The van der Waals surface area contributed by atoms with Gasteiger partial charge in [-0.05, 0) is 42.4 Å². The van der Waals surface area contributed by atoms with Crippen molar-refractivity contribution in [2.45, 2.75) is 43.9 Å². The van der Waals surface area contributed by atoms with Crippen LogP contribution < -0.4 is 4.72 Å². The Balaban J connectivity index is 2.04. The molecule has 1 aromatic carbocycles. The summed E-state index contributed by atoms with van der Waals surface area (Å²) < 4.78 is 27.2. The third-order valence-electron chi connectivity index (χ3n) is 4.32. The van der Waals surface area contributed by atoms with Gasteiger partial charge in [-0.25, -0.2) is 13.1 Å². The number of sulfonamides is 1. The number of benzene rings is 1. The minimum Gasteiger partial charge on any atom is -0.211 e. The van der Waals surface area contributed by atoms with Gasteiger partial charge in [0.2, 0.25) is 10.0 Å². The molecule has 0 aliphatic heterocycles. The monoisotopic (exact) mass is 292 g/mol. The molecule has 108 valence electrons. The fraction of sp³-hybridized carbons (Fsp3) is 0.533. The highest BCUT2D eigenvalue weighted by atomic mass is 32.2. The van der Waals surface area contributed by atoms with E-state index in [0.717, 1.165) is 24.8 Å². The fourth-order valence-electron chi connectivity index (χ4n) is 2.54. The zero-order valence-electron chi connectivity index (χ0n) is 11.7. The lowest BCUT2D eigenvalue weighted by molar-refractivity contribution is 0.133. The second-order valence-electron chi connectivity index (χ2n) is 5.51. The summed E-state index contributed by atoms with van der Waals surface area (Å²) in [4.78, 5) is 0.268. The van der Waals surface area contributed by atoms with Crippen molar-refractivity contribution in [3.8, 4) is 6.07 Å². The summed E-state index contributed by atoms with van der Waals surface area (Å²) in [5.41, 5.74) is 0.990. The van der Waals surface area contributed by atoms with Crippen LogP contribution in [0.1, 0.15) is 38.2 Å². The molecule has 2 rings (SSSR count). The van der Waals surface area contributed by atoms with Crippen LogP contribution in [-0.2, 0) is 16.4 Å². The van der Waals surface area contributed by atoms with E-state index in [1.165, 1.54) is 6.42 Å². The number of hydrogen-bond acceptors (Lipinski definition) is 3. The van der Waals surface area contributed by atoms with Crippen LogP contribution in [0.2, 0.25) is 0 Å². The highest BCUT2D eigenvalue weighted by Gasteiger charge is 2.36. The van der Waals surface area contributed by atoms with Gasteiger partial charge in [0.05, 0.1) is 17.4 Å². The summed E-state index contributed by atoms with van der Waals surface area (Å²) in [6.45, 7) is 2.63. The van der Waals surface area contributed by atoms with E-state index in [-0.39, 0.29) is 10.3 Å². The largest absolute Gasteiger partial charge is 0.240 e. The molecular formula is C15H20N2O2S. The van der Waals surface area contributed by atoms with Crippen molar-refractivity contribution in [3.63, 3.8) is 0 Å². The molecule has 0 radical (unpaired) electrons. The van der Waals surface area contributed by atoms with Crippen LogP contribution in [0.25, 0.3) is 0 Å². The van der Waals surface area contributed by atoms with E-state index < -0.39 is 10.0 Å². The second kappa shape index (κ2) is 5.94. The lowest BCUT2D eigenvalue weighted by Crippen LogP contribution is -2.41. The molecule has 1 fully saturated rings. The highest BCUT2D eigenvalue weighted by Crippen LogP contribution is 2.43. The van der Waals surface area contributed by atoms with Gasteiger partial charge in [-0.1, -0.05) is 25.5 Å². The van der Waals surface area contributed by atoms with E-state index >= 15 is 0 Å². The first-order valence-electron chi connectivity index (χ1n) is 6.97. The smallest absolute Gasteiger partial charge is 0.211 e. The maximum absolute atomic E-state index is 12.2. The maximum atomic E-state index is 12.2. The average Bonchev–Trinajstić information content (AvgIpc) is 2.39. The number of nitrogens with one attached hydrogen (secondary N) is 1. The molecule has 0 heterocycles. The van der Waals surface area contributed by atoms with Crippen molar-refractivity contribution in [2.75, 3.05) is 6.54 Å². The van der Waals surface area contributed by atoms with Crippen LogP contribution in [0.5, 0.6) is 0 Å². The van der Waals surface area contributed by atoms with Gasteiger partial charge in [0, 0.05) is 6.54 Å². The number of nitrogens with zero attached hydrogens (tertiary/aromatic N) is 1. The molecule has 1 N–H and O–H groups in total. The molecule has 1 aliphatic rings. The Morgan fingerprint density at radius 3 is 2.40 bits per heavy atom. The summed E-state index contributed by atoms with van der Waals surface area (Å²) in [6, 6.07) is 8.56. The van der Waals surface area contributed by atoms with Gasteiger partial charge in [-0.3, -0.25) is 0 Å². The molecule has 0 spiro atoms. The van der Waals surface area contributed by atoms with Gasteiger partial charge in [0.25, 0.3) is 0 Å². The molecule has 4 nitrogen and oxygen atoms in total. The van der Waals surface area contributed by atoms with E-state index in [9.17, 15) is 8.42 Å². The Labute approximate surface area is 120 Å². The summed E-state index contributed by atoms with van der Waals surface area (Å²) in [5.74, 6) is 0. The summed E-state index contributed by atoms with van der Waals surface area (Å²) in [7, 11) is -3.44. The number of rotatable bonds is 6. The quantitative estimate of drug-likeness (QED) is 0.876. The lowest BCUT2D eigenvalue weighted by Gasteiger charge is -2.41. The Kier molecular flexibility index (Phi) is 4.46. The predicted molar refractivity (Wildman–Crippen MR) is 77.5 cm³/mol. The molecule has 1 aliphatic carbocycles. The standard InChI is InChI=1S/C15H20N2O2S/c1-2-15(9-3-10-15)12-17-20(18,19)14-6-4-13(5-7-14)8-11-16/h4-7,17H,2-3,8-10,12H2,1H3. The van der Waals surface area contributed by atoms with Crippen LogP contribution >= 0.6 is 0 Å². The Hall–Kier alpha value is -1.38. The lowest BCUT2D eigenvalue weighted by atomic mass is 9.67. The summed E-state index contributed by atoms with van der Waals surface area (Å²) >= 11 is 0. The van der Waals surface area contributed by atoms with E-state index in [4.69, 9.17) is 5.26 Å². The predicted octanol–water partition coefficient (Wildman–Crippen LogP) is 2.61. The average molecular weight is 292 g/mol. The minimum atomic E-state index is -3.44.